The molecule has 0 bridgehead atoms. The van der Waals surface area contributed by atoms with Crippen LogP contribution in [0, 0.1) is 6.92 Å². The molecule has 0 radical (unpaired) electrons. The van der Waals surface area contributed by atoms with Crippen LogP contribution in [0.3, 0.4) is 0 Å². The lowest BCUT2D eigenvalue weighted by molar-refractivity contribution is -0.137. The summed E-state index contributed by atoms with van der Waals surface area (Å²) in [6.45, 7) is 2.21. The van der Waals surface area contributed by atoms with Crippen molar-refractivity contribution in [1.29, 1.82) is 0 Å². The number of alkyl halides is 3. The Morgan fingerprint density at radius 3 is 2.57 bits per heavy atom. The zero-order valence-electron chi connectivity index (χ0n) is 11.2. The minimum Gasteiger partial charge on any atom is -0.376 e. The molecule has 0 spiro atoms. The molecule has 1 atom stereocenters. The van der Waals surface area contributed by atoms with Crippen LogP contribution in [0.25, 0.3) is 0 Å². The first-order chi connectivity index (χ1) is 9.81. The predicted octanol–water partition coefficient (Wildman–Crippen LogP) is 4.84. The number of hydrogen-bond donors (Lipinski definition) is 2. The van der Waals surface area contributed by atoms with Gasteiger partial charge in [-0.15, -0.1) is 11.3 Å². The van der Waals surface area contributed by atoms with E-state index in [1.165, 1.54) is 17.4 Å². The van der Waals surface area contributed by atoms with Crippen LogP contribution in [0.4, 0.5) is 18.9 Å². The van der Waals surface area contributed by atoms with Gasteiger partial charge in [0.2, 0.25) is 0 Å². The fourth-order valence-corrected chi connectivity index (χ4v) is 3.24. The molecule has 0 aliphatic carbocycles. The van der Waals surface area contributed by atoms with E-state index in [1.807, 2.05) is 18.4 Å². The van der Waals surface area contributed by atoms with E-state index < -0.39 is 11.7 Å². The zero-order valence-corrected chi connectivity index (χ0v) is 12.7. The molecule has 7 heteroatoms. The van der Waals surface area contributed by atoms with Crippen LogP contribution in [0.15, 0.2) is 29.6 Å². The second-order valence-electron chi connectivity index (χ2n) is 4.63. The van der Waals surface area contributed by atoms with E-state index in [9.17, 15) is 13.2 Å². The van der Waals surface area contributed by atoms with E-state index in [0.29, 0.717) is 5.69 Å². The molecule has 0 aliphatic heterocycles. The summed E-state index contributed by atoms with van der Waals surface area (Å²) in [6, 6.07) is 5.11. The van der Waals surface area contributed by atoms with Crippen molar-refractivity contribution in [2.75, 3.05) is 11.9 Å². The number of nitrogens with one attached hydrogen (secondary N) is 1. The summed E-state index contributed by atoms with van der Waals surface area (Å²) in [4.78, 5) is 1.01. The molecular formula is C14H14ClF3N2S. The Morgan fingerprint density at radius 1 is 1.33 bits per heavy atom. The molecular weight excluding hydrogens is 321 g/mol. The lowest BCUT2D eigenvalue weighted by atomic mass is 10.1. The van der Waals surface area contributed by atoms with Crippen molar-refractivity contribution in [2.24, 2.45) is 5.73 Å². The van der Waals surface area contributed by atoms with Crippen LogP contribution in [0.2, 0.25) is 5.02 Å². The number of rotatable bonds is 4. The minimum absolute atomic E-state index is 0.0333. The first kappa shape index (κ1) is 16.1. The van der Waals surface area contributed by atoms with Crippen molar-refractivity contribution in [3.8, 4) is 0 Å². The Hall–Kier alpha value is -1.24. The summed E-state index contributed by atoms with van der Waals surface area (Å²) >= 11 is 7.29. The average Bonchev–Trinajstić information content (AvgIpc) is 2.80. The lowest BCUT2D eigenvalue weighted by Crippen LogP contribution is -2.20. The Kier molecular flexibility index (Phi) is 4.81. The lowest BCUT2D eigenvalue weighted by Gasteiger charge is -2.19. The second-order valence-corrected chi connectivity index (χ2v) is 6.01. The first-order valence-corrected chi connectivity index (χ1v) is 7.45. The summed E-state index contributed by atoms with van der Waals surface area (Å²) in [5, 5.41) is 4.98. The van der Waals surface area contributed by atoms with Gasteiger partial charge in [-0.1, -0.05) is 11.6 Å². The van der Waals surface area contributed by atoms with Crippen molar-refractivity contribution >= 4 is 28.6 Å². The number of halogens is 4. The Labute approximate surface area is 129 Å². The van der Waals surface area contributed by atoms with E-state index in [2.05, 4.69) is 5.32 Å². The van der Waals surface area contributed by atoms with Crippen molar-refractivity contribution in [2.45, 2.75) is 19.1 Å². The van der Waals surface area contributed by atoms with Crippen LogP contribution in [-0.2, 0) is 6.18 Å². The van der Waals surface area contributed by atoms with Gasteiger partial charge in [-0.05, 0) is 42.1 Å². The molecule has 0 aliphatic rings. The average molecular weight is 335 g/mol. The fraction of sp³-hybridized carbons (Fsp3) is 0.286. The third-order valence-corrected chi connectivity index (χ3v) is 4.37. The van der Waals surface area contributed by atoms with Gasteiger partial charge in [0.25, 0.3) is 0 Å². The summed E-state index contributed by atoms with van der Waals surface area (Å²) in [6.07, 6.45) is -4.43. The molecule has 3 N–H and O–H groups in total. The third-order valence-electron chi connectivity index (χ3n) is 3.02. The largest absolute Gasteiger partial charge is 0.416 e. The maximum Gasteiger partial charge on any atom is 0.416 e. The number of anilines is 1. The Balaban J connectivity index is 2.30. The molecule has 0 amide bonds. The molecule has 1 unspecified atom stereocenters. The Bertz CT molecular complexity index is 625. The van der Waals surface area contributed by atoms with Gasteiger partial charge < -0.3 is 11.1 Å². The monoisotopic (exact) mass is 334 g/mol. The van der Waals surface area contributed by atoms with E-state index in [1.54, 1.807) is 0 Å². The topological polar surface area (TPSA) is 38.0 Å². The van der Waals surface area contributed by atoms with E-state index in [-0.39, 0.29) is 17.6 Å². The predicted molar refractivity (Wildman–Crippen MR) is 80.9 cm³/mol. The minimum atomic E-state index is -4.43. The maximum absolute atomic E-state index is 12.8. The molecule has 21 heavy (non-hydrogen) atoms. The van der Waals surface area contributed by atoms with Crippen molar-refractivity contribution < 1.29 is 13.2 Å². The highest BCUT2D eigenvalue weighted by Gasteiger charge is 2.31. The van der Waals surface area contributed by atoms with Gasteiger partial charge in [-0.25, -0.2) is 0 Å². The molecule has 2 aromatic rings. The van der Waals surface area contributed by atoms with Gasteiger partial charge >= 0.3 is 6.18 Å². The molecule has 0 saturated carbocycles. The van der Waals surface area contributed by atoms with E-state index in [4.69, 9.17) is 17.3 Å². The van der Waals surface area contributed by atoms with Crippen LogP contribution in [-0.4, -0.2) is 6.54 Å². The van der Waals surface area contributed by atoms with Gasteiger partial charge in [0.1, 0.15) is 0 Å². The van der Waals surface area contributed by atoms with Crippen molar-refractivity contribution in [3.63, 3.8) is 0 Å². The van der Waals surface area contributed by atoms with Gasteiger partial charge in [0, 0.05) is 22.1 Å². The summed E-state index contributed by atoms with van der Waals surface area (Å²) in [5.74, 6) is 0. The number of aryl methyl sites for hydroxylation is 1. The van der Waals surface area contributed by atoms with Gasteiger partial charge in [-0.2, -0.15) is 13.2 Å². The van der Waals surface area contributed by atoms with Crippen LogP contribution in [0.1, 0.15) is 22.0 Å². The van der Waals surface area contributed by atoms with E-state index >= 15 is 0 Å². The van der Waals surface area contributed by atoms with Crippen molar-refractivity contribution in [3.05, 3.63) is 50.7 Å². The normalized spacial score (nSPS) is 13.2. The molecule has 0 fully saturated rings. The standard InChI is InChI=1S/C14H14ClF3N2S/c1-8-2-3-21-13(8)12(7-19)20-11-5-9(14(16,17)18)4-10(15)6-11/h2-6,12,20H,7,19H2,1H3. The zero-order chi connectivity index (χ0) is 15.6. The first-order valence-electron chi connectivity index (χ1n) is 6.19. The molecule has 0 saturated heterocycles. The molecule has 2 rings (SSSR count). The maximum atomic E-state index is 12.8. The second kappa shape index (κ2) is 6.25. The highest BCUT2D eigenvalue weighted by Crippen LogP contribution is 2.34. The summed E-state index contributed by atoms with van der Waals surface area (Å²) in [7, 11) is 0. The Morgan fingerprint density at radius 2 is 2.05 bits per heavy atom. The third kappa shape index (κ3) is 3.90. The molecule has 1 aromatic heterocycles. The number of hydrogen-bond acceptors (Lipinski definition) is 3. The molecule has 2 nitrogen and oxygen atoms in total. The van der Waals surface area contributed by atoms with Gasteiger partial charge in [-0.3, -0.25) is 0 Å². The SMILES string of the molecule is Cc1ccsc1C(CN)Nc1cc(Cl)cc(C(F)(F)F)c1. The van der Waals surface area contributed by atoms with Crippen LogP contribution < -0.4 is 11.1 Å². The quantitative estimate of drug-likeness (QED) is 0.839. The summed E-state index contributed by atoms with van der Waals surface area (Å²) in [5.41, 5.74) is 6.31. The highest BCUT2D eigenvalue weighted by molar-refractivity contribution is 7.10. The van der Waals surface area contributed by atoms with Crippen LogP contribution in [0.5, 0.6) is 0 Å². The smallest absolute Gasteiger partial charge is 0.376 e. The number of nitrogens with two attached hydrogens (primary N) is 1. The van der Waals surface area contributed by atoms with Gasteiger partial charge in [0.05, 0.1) is 11.6 Å². The molecule has 1 aromatic carbocycles. The number of thiophene rings is 1. The molecule has 1 heterocycles. The molecule has 114 valence electrons. The van der Waals surface area contributed by atoms with E-state index in [0.717, 1.165) is 22.6 Å². The fourth-order valence-electron chi connectivity index (χ4n) is 2.01. The summed E-state index contributed by atoms with van der Waals surface area (Å²) < 4.78 is 38.4. The highest BCUT2D eigenvalue weighted by atomic mass is 35.5. The van der Waals surface area contributed by atoms with Crippen molar-refractivity contribution in [1.82, 2.24) is 0 Å². The number of benzene rings is 1. The van der Waals surface area contributed by atoms with Gasteiger partial charge in [0.15, 0.2) is 0 Å². The van der Waals surface area contributed by atoms with Crippen LogP contribution >= 0.6 is 22.9 Å².